The molecule has 0 radical (unpaired) electrons. The Hall–Kier alpha value is -1.51. The van der Waals surface area contributed by atoms with Crippen LogP contribution in [0.3, 0.4) is 0 Å². The number of hydrogen-bond acceptors (Lipinski definition) is 3. The van der Waals surface area contributed by atoms with Gasteiger partial charge in [-0.25, -0.2) is 0 Å². The average molecular weight is 274 g/mol. The molecule has 110 valence electrons. The van der Waals surface area contributed by atoms with E-state index in [-0.39, 0.29) is 17.1 Å². The summed E-state index contributed by atoms with van der Waals surface area (Å²) in [5, 5.41) is 7.65. The Balaban J connectivity index is 2.41. The predicted molar refractivity (Wildman–Crippen MR) is 83.9 cm³/mol. The average Bonchev–Trinajstić information content (AvgIpc) is 2.87. The summed E-state index contributed by atoms with van der Waals surface area (Å²) in [5.41, 5.74) is 2.58. The SMILES string of the molecule is CCC1NC(C(C)(C)c2ccccc2C(C)(C)C)=NO1. The molecule has 1 N–H and O–H groups in total. The van der Waals surface area contributed by atoms with Crippen LogP contribution in [0.2, 0.25) is 0 Å². The first-order valence-electron chi connectivity index (χ1n) is 7.37. The molecular formula is C17H26N2O. The number of benzene rings is 1. The monoisotopic (exact) mass is 274 g/mol. The summed E-state index contributed by atoms with van der Waals surface area (Å²) < 4.78 is 0. The van der Waals surface area contributed by atoms with Crippen molar-refractivity contribution >= 4 is 5.84 Å². The predicted octanol–water partition coefficient (Wildman–Crippen LogP) is 3.93. The van der Waals surface area contributed by atoms with Crippen LogP contribution >= 0.6 is 0 Å². The van der Waals surface area contributed by atoms with Crippen molar-refractivity contribution in [2.24, 2.45) is 5.16 Å². The van der Waals surface area contributed by atoms with Crippen molar-refractivity contribution in [3.8, 4) is 0 Å². The lowest BCUT2D eigenvalue weighted by Gasteiger charge is -2.32. The van der Waals surface area contributed by atoms with Crippen LogP contribution in [0.15, 0.2) is 29.4 Å². The van der Waals surface area contributed by atoms with Gasteiger partial charge in [0.15, 0.2) is 12.1 Å². The quantitative estimate of drug-likeness (QED) is 0.906. The van der Waals surface area contributed by atoms with Gasteiger partial charge in [0, 0.05) is 6.42 Å². The van der Waals surface area contributed by atoms with Crippen LogP contribution in [-0.2, 0) is 15.7 Å². The van der Waals surface area contributed by atoms with Crippen molar-refractivity contribution in [2.45, 2.75) is 65.0 Å². The van der Waals surface area contributed by atoms with Crippen LogP contribution in [0.5, 0.6) is 0 Å². The van der Waals surface area contributed by atoms with Gasteiger partial charge in [-0.05, 0) is 30.4 Å². The summed E-state index contributed by atoms with van der Waals surface area (Å²) in [6.45, 7) is 13.2. The molecule has 0 aromatic heterocycles. The Morgan fingerprint density at radius 3 is 2.20 bits per heavy atom. The van der Waals surface area contributed by atoms with Gasteiger partial charge >= 0.3 is 0 Å². The molecule has 1 heterocycles. The molecule has 20 heavy (non-hydrogen) atoms. The molecule has 1 aromatic rings. The molecule has 1 atom stereocenters. The maximum Gasteiger partial charge on any atom is 0.198 e. The molecule has 0 saturated carbocycles. The highest BCUT2D eigenvalue weighted by molar-refractivity contribution is 5.93. The normalized spacial score (nSPS) is 19.3. The van der Waals surface area contributed by atoms with Gasteiger partial charge in [0.1, 0.15) is 0 Å². The lowest BCUT2D eigenvalue weighted by atomic mass is 9.73. The van der Waals surface area contributed by atoms with E-state index in [1.54, 1.807) is 0 Å². The smallest absolute Gasteiger partial charge is 0.198 e. The molecule has 0 spiro atoms. The molecule has 0 saturated heterocycles. The van der Waals surface area contributed by atoms with Crippen LogP contribution < -0.4 is 5.32 Å². The Morgan fingerprint density at radius 2 is 1.70 bits per heavy atom. The summed E-state index contributed by atoms with van der Waals surface area (Å²) >= 11 is 0. The van der Waals surface area contributed by atoms with E-state index < -0.39 is 0 Å². The second-order valence-electron chi connectivity index (χ2n) is 7.01. The van der Waals surface area contributed by atoms with Crippen molar-refractivity contribution in [3.05, 3.63) is 35.4 Å². The van der Waals surface area contributed by atoms with Crippen LogP contribution in [0.1, 0.15) is 59.1 Å². The van der Waals surface area contributed by atoms with Crippen LogP contribution in [0, 0.1) is 0 Å². The highest BCUT2D eigenvalue weighted by atomic mass is 16.7. The van der Waals surface area contributed by atoms with Crippen LogP contribution in [-0.4, -0.2) is 12.1 Å². The van der Waals surface area contributed by atoms with Gasteiger partial charge in [0.2, 0.25) is 0 Å². The fourth-order valence-corrected chi connectivity index (χ4v) is 2.60. The van der Waals surface area contributed by atoms with Gasteiger partial charge < -0.3 is 10.2 Å². The Bertz CT molecular complexity index is 512. The molecule has 1 unspecified atom stereocenters. The zero-order valence-corrected chi connectivity index (χ0v) is 13.4. The van der Waals surface area contributed by atoms with E-state index in [1.165, 1.54) is 11.1 Å². The zero-order chi connectivity index (χ0) is 15.0. The first-order valence-corrected chi connectivity index (χ1v) is 7.37. The highest BCUT2D eigenvalue weighted by Gasteiger charge is 2.36. The molecule has 0 bridgehead atoms. The van der Waals surface area contributed by atoms with E-state index in [2.05, 4.69) is 76.3 Å². The number of nitrogens with zero attached hydrogens (tertiary/aromatic N) is 1. The van der Waals surface area contributed by atoms with Crippen LogP contribution in [0.25, 0.3) is 0 Å². The minimum absolute atomic E-state index is 0.00562. The third kappa shape index (κ3) is 2.67. The summed E-state index contributed by atoms with van der Waals surface area (Å²) in [6.07, 6.45) is 0.912. The minimum Gasteiger partial charge on any atom is -0.369 e. The van der Waals surface area contributed by atoms with E-state index >= 15 is 0 Å². The number of amidine groups is 1. The number of rotatable bonds is 3. The van der Waals surface area contributed by atoms with Gasteiger partial charge in [0.25, 0.3) is 0 Å². The van der Waals surface area contributed by atoms with E-state index in [0.717, 1.165) is 12.3 Å². The van der Waals surface area contributed by atoms with E-state index in [1.807, 2.05) is 0 Å². The molecule has 3 heteroatoms. The Kier molecular flexibility index (Phi) is 3.81. The van der Waals surface area contributed by atoms with Gasteiger partial charge in [-0.2, -0.15) is 0 Å². The van der Waals surface area contributed by atoms with Gasteiger partial charge in [0.05, 0.1) is 5.41 Å². The number of nitrogens with one attached hydrogen (secondary N) is 1. The molecule has 0 amide bonds. The molecule has 1 aromatic carbocycles. The van der Waals surface area contributed by atoms with Crippen molar-refractivity contribution in [1.29, 1.82) is 0 Å². The van der Waals surface area contributed by atoms with Gasteiger partial charge in [-0.3, -0.25) is 0 Å². The van der Waals surface area contributed by atoms with Crippen molar-refractivity contribution in [1.82, 2.24) is 5.32 Å². The van der Waals surface area contributed by atoms with Crippen molar-refractivity contribution in [3.63, 3.8) is 0 Å². The standard InChI is InChI=1S/C17H26N2O/c1-7-14-18-15(19-20-14)17(5,6)13-11-9-8-10-12(13)16(2,3)4/h8-11,14H,7H2,1-6H3,(H,18,19). The van der Waals surface area contributed by atoms with Gasteiger partial charge in [-0.1, -0.05) is 57.1 Å². The molecule has 1 aliphatic heterocycles. The minimum atomic E-state index is -0.187. The Morgan fingerprint density at radius 1 is 1.10 bits per heavy atom. The molecule has 0 aliphatic carbocycles. The largest absolute Gasteiger partial charge is 0.369 e. The first-order chi connectivity index (χ1) is 9.26. The molecule has 1 aliphatic rings. The summed E-state index contributed by atoms with van der Waals surface area (Å²) in [4.78, 5) is 5.42. The fourth-order valence-electron chi connectivity index (χ4n) is 2.60. The lowest BCUT2D eigenvalue weighted by molar-refractivity contribution is 0.0704. The van der Waals surface area contributed by atoms with Crippen molar-refractivity contribution < 1.29 is 4.84 Å². The summed E-state index contributed by atoms with van der Waals surface area (Å²) in [6, 6.07) is 8.62. The second-order valence-corrected chi connectivity index (χ2v) is 7.01. The van der Waals surface area contributed by atoms with Gasteiger partial charge in [-0.15, -0.1) is 0 Å². The van der Waals surface area contributed by atoms with E-state index in [4.69, 9.17) is 4.84 Å². The summed E-state index contributed by atoms with van der Waals surface area (Å²) in [7, 11) is 0. The number of hydrogen-bond donors (Lipinski definition) is 1. The maximum atomic E-state index is 5.42. The zero-order valence-electron chi connectivity index (χ0n) is 13.4. The topological polar surface area (TPSA) is 33.6 Å². The number of oxime groups is 1. The lowest BCUT2D eigenvalue weighted by Crippen LogP contribution is -2.42. The third-order valence-electron chi connectivity index (χ3n) is 3.94. The maximum absolute atomic E-state index is 5.42. The first kappa shape index (κ1) is 14.9. The van der Waals surface area contributed by atoms with Crippen LogP contribution in [0.4, 0.5) is 0 Å². The fraction of sp³-hybridized carbons (Fsp3) is 0.588. The second kappa shape index (κ2) is 5.12. The van der Waals surface area contributed by atoms with E-state index in [0.29, 0.717) is 0 Å². The third-order valence-corrected chi connectivity index (χ3v) is 3.94. The molecular weight excluding hydrogens is 248 g/mol. The highest BCUT2D eigenvalue weighted by Crippen LogP contribution is 2.35. The summed E-state index contributed by atoms with van der Waals surface area (Å²) in [5.74, 6) is 0.918. The van der Waals surface area contributed by atoms with E-state index in [9.17, 15) is 0 Å². The molecule has 2 rings (SSSR count). The Labute approximate surface area is 122 Å². The van der Waals surface area contributed by atoms with Crippen molar-refractivity contribution in [2.75, 3.05) is 0 Å². The molecule has 3 nitrogen and oxygen atoms in total. The molecule has 0 fully saturated rings.